The molecule has 0 aliphatic heterocycles. The van der Waals surface area contributed by atoms with Gasteiger partial charge >= 0.3 is 36.2 Å². The minimum atomic E-state index is -0.822. The van der Waals surface area contributed by atoms with Gasteiger partial charge in [-0.25, -0.2) is 28.8 Å². The molecular formula is C55H56O16. The van der Waals surface area contributed by atoms with Gasteiger partial charge in [-0.3, -0.25) is 0 Å². The molecule has 71 heavy (non-hydrogen) atoms. The van der Waals surface area contributed by atoms with Crippen LogP contribution in [0.15, 0.2) is 110 Å². The molecule has 1 unspecified atom stereocenters. The summed E-state index contributed by atoms with van der Waals surface area (Å²) in [7, 11) is 0. The van der Waals surface area contributed by atoms with Crippen LogP contribution in [0.1, 0.15) is 114 Å². The van der Waals surface area contributed by atoms with E-state index in [2.05, 4.69) is 13.2 Å². The molecule has 2 saturated carbocycles. The van der Waals surface area contributed by atoms with Gasteiger partial charge in [0, 0.05) is 35.1 Å². The smallest absolute Gasteiger partial charge is 0.493 e. The van der Waals surface area contributed by atoms with E-state index in [1.54, 1.807) is 60.7 Å². The molecule has 8 rings (SSSR count). The van der Waals surface area contributed by atoms with Gasteiger partial charge in [0.25, 0.3) is 0 Å². The predicted octanol–water partition coefficient (Wildman–Crippen LogP) is 9.80. The molecule has 0 bridgehead atoms. The third kappa shape index (κ3) is 12.6. The second-order valence-electron chi connectivity index (χ2n) is 17.8. The molecule has 0 aromatic heterocycles. The maximum Gasteiger partial charge on any atom is 0.514 e. The molecular weight excluding hydrogens is 917 g/mol. The van der Waals surface area contributed by atoms with Crippen molar-refractivity contribution in [1.82, 2.24) is 0 Å². The molecule has 4 aromatic rings. The van der Waals surface area contributed by atoms with Crippen molar-refractivity contribution in [1.29, 1.82) is 0 Å². The largest absolute Gasteiger partial charge is 0.514 e. The first-order valence-corrected chi connectivity index (χ1v) is 24.0. The zero-order chi connectivity index (χ0) is 49.7. The molecule has 1 spiro atoms. The minimum absolute atomic E-state index is 0.212. The van der Waals surface area contributed by atoms with Gasteiger partial charge in [0.2, 0.25) is 6.79 Å². The van der Waals surface area contributed by atoms with Gasteiger partial charge in [0.15, 0.2) is 0 Å². The number of hydrogen-bond donors (Lipinski definition) is 0. The fourth-order valence-electron chi connectivity index (χ4n) is 9.82. The highest BCUT2D eigenvalue weighted by Gasteiger charge is 2.49. The molecule has 16 nitrogen and oxygen atoms in total. The Hall–Kier alpha value is -7.62. The lowest BCUT2D eigenvalue weighted by atomic mass is 9.76. The second-order valence-corrected chi connectivity index (χ2v) is 17.8. The summed E-state index contributed by atoms with van der Waals surface area (Å²) in [4.78, 5) is 75.1. The number of carbonyl (C=O) groups excluding carboxylic acids is 6. The Bertz CT molecular complexity index is 2580. The minimum Gasteiger partial charge on any atom is -0.493 e. The topological polar surface area (TPSA) is 195 Å². The lowest BCUT2D eigenvalue weighted by Gasteiger charge is -2.30. The fraction of sp³-hybridized carbons (Fsp3) is 0.382. The summed E-state index contributed by atoms with van der Waals surface area (Å²) in [6.45, 7) is 6.94. The van der Waals surface area contributed by atoms with Gasteiger partial charge in [-0.15, -0.1) is 0 Å². The van der Waals surface area contributed by atoms with Crippen LogP contribution in [0.3, 0.4) is 0 Å². The summed E-state index contributed by atoms with van der Waals surface area (Å²) in [6.07, 6.45) is 6.35. The van der Waals surface area contributed by atoms with E-state index in [-0.39, 0.29) is 25.6 Å². The van der Waals surface area contributed by atoms with Crippen molar-refractivity contribution >= 4 is 36.2 Å². The van der Waals surface area contributed by atoms with Crippen molar-refractivity contribution in [3.63, 3.8) is 0 Å². The Kier molecular flexibility index (Phi) is 16.4. The molecule has 372 valence electrons. The number of carbonyl (C=O) groups is 6. The van der Waals surface area contributed by atoms with E-state index in [0.717, 1.165) is 60.1 Å². The van der Waals surface area contributed by atoms with Crippen molar-refractivity contribution in [2.24, 2.45) is 0 Å². The molecule has 4 aliphatic carbocycles. The highest BCUT2D eigenvalue weighted by molar-refractivity contribution is 5.90. The summed E-state index contributed by atoms with van der Waals surface area (Å²) >= 11 is 0. The van der Waals surface area contributed by atoms with Gasteiger partial charge in [-0.05, 0) is 149 Å². The van der Waals surface area contributed by atoms with Crippen LogP contribution in [0.5, 0.6) is 23.0 Å². The quantitative estimate of drug-likeness (QED) is 0.0228. The van der Waals surface area contributed by atoms with Crippen molar-refractivity contribution in [3.8, 4) is 23.0 Å². The van der Waals surface area contributed by atoms with E-state index in [0.29, 0.717) is 98.5 Å². The summed E-state index contributed by atoms with van der Waals surface area (Å²) in [5.74, 6) is -0.267. The predicted molar refractivity (Wildman–Crippen MR) is 253 cm³/mol. The number of esters is 4. The standard InChI is InChI=1S/C55H56O16/c1-3-47(56)63-33-7-32-62-39-16-12-37(13-17-39)51(58)66-41-20-24-43(25-21-41)68-53(60)70-45-10-5-8-35-28-30-55(49(35)45)31-29-36-9-6-11-46(50(36)55)71-54(61)69-44-26-22-42(23-27-44)67-52(59)38-14-18-40(19-15-38)64-34-65-48(57)4-2/h3-6,8-19,41-44H,1-2,7,20-34H2. The summed E-state index contributed by atoms with van der Waals surface area (Å²) in [5.41, 5.74) is 3.99. The molecule has 0 saturated heterocycles. The van der Waals surface area contributed by atoms with Crippen molar-refractivity contribution < 1.29 is 76.1 Å². The zero-order valence-electron chi connectivity index (χ0n) is 39.3. The molecule has 1 atom stereocenters. The summed E-state index contributed by atoms with van der Waals surface area (Å²) in [5, 5.41) is 0. The number of hydrogen-bond acceptors (Lipinski definition) is 16. The van der Waals surface area contributed by atoms with Gasteiger partial charge in [-0.2, -0.15) is 0 Å². The van der Waals surface area contributed by atoms with E-state index >= 15 is 0 Å². The van der Waals surface area contributed by atoms with Gasteiger partial charge < -0.3 is 47.4 Å². The normalized spacial score (nSPS) is 20.7. The molecule has 0 N–H and O–H groups in total. The highest BCUT2D eigenvalue weighted by Crippen LogP contribution is 2.57. The Morgan fingerprint density at radius 3 is 1.38 bits per heavy atom. The van der Waals surface area contributed by atoms with E-state index in [9.17, 15) is 28.8 Å². The van der Waals surface area contributed by atoms with Gasteiger partial charge in [-0.1, -0.05) is 37.4 Å². The van der Waals surface area contributed by atoms with E-state index < -0.39 is 53.8 Å². The maximum atomic E-state index is 13.5. The van der Waals surface area contributed by atoms with Crippen LogP contribution < -0.4 is 18.9 Å². The Morgan fingerprint density at radius 2 is 0.930 bits per heavy atom. The van der Waals surface area contributed by atoms with Crippen molar-refractivity contribution in [3.05, 3.63) is 144 Å². The third-order valence-electron chi connectivity index (χ3n) is 13.3. The Balaban J connectivity index is 0.798. The zero-order valence-corrected chi connectivity index (χ0v) is 39.3. The summed E-state index contributed by atoms with van der Waals surface area (Å²) < 4.78 is 55.9. The Labute approximate surface area is 411 Å². The first-order chi connectivity index (χ1) is 34.5. The number of aryl methyl sites for hydroxylation is 2. The van der Waals surface area contributed by atoms with Crippen LogP contribution in [0.25, 0.3) is 0 Å². The van der Waals surface area contributed by atoms with Crippen LogP contribution in [0.2, 0.25) is 0 Å². The van der Waals surface area contributed by atoms with E-state index in [4.69, 9.17) is 47.4 Å². The molecule has 2 fully saturated rings. The summed E-state index contributed by atoms with van der Waals surface area (Å²) in [6, 6.07) is 24.2. The van der Waals surface area contributed by atoms with Crippen LogP contribution in [0, 0.1) is 0 Å². The van der Waals surface area contributed by atoms with E-state index in [1.165, 1.54) is 0 Å². The first-order valence-electron chi connectivity index (χ1n) is 24.0. The monoisotopic (exact) mass is 972 g/mol. The fourth-order valence-corrected chi connectivity index (χ4v) is 9.82. The van der Waals surface area contributed by atoms with Crippen LogP contribution >= 0.6 is 0 Å². The maximum absolute atomic E-state index is 13.5. The molecule has 0 amide bonds. The number of fused-ring (bicyclic) bond motifs is 4. The van der Waals surface area contributed by atoms with Crippen LogP contribution in [0.4, 0.5) is 9.59 Å². The van der Waals surface area contributed by atoms with Crippen molar-refractivity contribution in [2.45, 2.75) is 113 Å². The average Bonchev–Trinajstić information content (AvgIpc) is 3.96. The van der Waals surface area contributed by atoms with Crippen LogP contribution in [-0.2, 0) is 56.3 Å². The first kappa shape index (κ1) is 49.8. The number of rotatable bonds is 18. The average molecular weight is 973 g/mol. The molecule has 4 aromatic carbocycles. The van der Waals surface area contributed by atoms with Gasteiger partial charge in [0.1, 0.15) is 47.4 Å². The van der Waals surface area contributed by atoms with E-state index in [1.807, 2.05) is 24.3 Å². The molecule has 0 radical (unpaired) electrons. The molecule has 0 heterocycles. The highest BCUT2D eigenvalue weighted by atomic mass is 16.7. The van der Waals surface area contributed by atoms with Crippen LogP contribution in [-0.4, -0.2) is 80.6 Å². The SMILES string of the molecule is C=CC(=O)OCCCOc1ccc(C(=O)OC2CCC(OC(=O)Oc3cccc4c3C3(CC4)CCc4cccc(OC(=O)OC5CCC(OC(=O)c6ccc(OCOC(=O)C=C)cc6)CC5)c43)CC2)cc1. The number of benzene rings is 4. The number of ether oxygens (including phenoxy) is 10. The third-order valence-corrected chi connectivity index (χ3v) is 13.3. The lowest BCUT2D eigenvalue weighted by Crippen LogP contribution is -2.31. The molecule has 4 aliphatic rings. The molecule has 16 heteroatoms. The lowest BCUT2D eigenvalue weighted by molar-refractivity contribution is -0.144. The van der Waals surface area contributed by atoms with Gasteiger partial charge in [0.05, 0.1) is 24.3 Å². The second kappa shape index (κ2) is 23.3. The Morgan fingerprint density at radius 1 is 0.507 bits per heavy atom. The van der Waals surface area contributed by atoms with Crippen molar-refractivity contribution in [2.75, 3.05) is 20.0 Å².